The van der Waals surface area contributed by atoms with Gasteiger partial charge in [0.2, 0.25) is 0 Å². The van der Waals surface area contributed by atoms with Crippen molar-refractivity contribution in [1.29, 1.82) is 0 Å². The van der Waals surface area contributed by atoms with Crippen molar-refractivity contribution in [2.75, 3.05) is 0 Å². The molecule has 0 aromatic rings. The van der Waals surface area contributed by atoms with Crippen molar-refractivity contribution in [2.45, 2.75) is 39.5 Å². The summed E-state index contributed by atoms with van der Waals surface area (Å²) in [4.78, 5) is 0. The number of fused-ring (bicyclic) bond motifs is 3. The highest BCUT2D eigenvalue weighted by molar-refractivity contribution is 5.41. The molecule has 0 radical (unpaired) electrons. The van der Waals surface area contributed by atoms with E-state index in [1.54, 1.807) is 11.1 Å². The smallest absolute Gasteiger partial charge is 0.00195 e. The van der Waals surface area contributed by atoms with Crippen LogP contribution in [0.4, 0.5) is 0 Å². The third-order valence-corrected chi connectivity index (χ3v) is 5.23. The van der Waals surface area contributed by atoms with Crippen LogP contribution in [0.3, 0.4) is 0 Å². The molecular formula is C14H20. The molecule has 3 aliphatic carbocycles. The highest BCUT2D eigenvalue weighted by Gasteiger charge is 2.58. The van der Waals surface area contributed by atoms with E-state index in [-0.39, 0.29) is 0 Å². The van der Waals surface area contributed by atoms with Crippen LogP contribution in [0.2, 0.25) is 0 Å². The monoisotopic (exact) mass is 188 g/mol. The minimum Gasteiger partial charge on any atom is -0.0992 e. The van der Waals surface area contributed by atoms with Gasteiger partial charge in [0.15, 0.2) is 0 Å². The highest BCUT2D eigenvalue weighted by atomic mass is 14.6. The molecule has 0 heterocycles. The van der Waals surface area contributed by atoms with E-state index in [1.807, 2.05) is 0 Å². The van der Waals surface area contributed by atoms with Crippen molar-refractivity contribution in [1.82, 2.24) is 0 Å². The standard InChI is InChI=1S/C14H20/c1-9-5-4-6-11-7-8-12-10(2)13(12)14(9,11)3/h7,9,12-13H,2,4-6,8H2,1,3H3/t9-,12-,13+,14-/m1/s1. The Bertz CT molecular complexity index is 323. The van der Waals surface area contributed by atoms with Crippen LogP contribution in [0.5, 0.6) is 0 Å². The predicted molar refractivity (Wildman–Crippen MR) is 59.9 cm³/mol. The van der Waals surface area contributed by atoms with Gasteiger partial charge in [0, 0.05) is 0 Å². The van der Waals surface area contributed by atoms with Gasteiger partial charge in [-0.3, -0.25) is 0 Å². The van der Waals surface area contributed by atoms with Crippen molar-refractivity contribution in [3.05, 3.63) is 23.8 Å². The number of hydrogen-bond acceptors (Lipinski definition) is 0. The molecule has 0 nitrogen and oxygen atoms in total. The van der Waals surface area contributed by atoms with Crippen molar-refractivity contribution in [3.63, 3.8) is 0 Å². The lowest BCUT2D eigenvalue weighted by Gasteiger charge is -2.44. The Labute approximate surface area is 87.1 Å². The van der Waals surface area contributed by atoms with E-state index >= 15 is 0 Å². The molecule has 0 spiro atoms. The molecule has 0 amide bonds. The quantitative estimate of drug-likeness (QED) is 0.505. The van der Waals surface area contributed by atoms with Crippen LogP contribution < -0.4 is 0 Å². The second-order valence-electron chi connectivity index (χ2n) is 5.70. The van der Waals surface area contributed by atoms with Crippen molar-refractivity contribution < 1.29 is 0 Å². The molecule has 4 atom stereocenters. The zero-order valence-corrected chi connectivity index (χ0v) is 9.34. The average Bonchev–Trinajstić information content (AvgIpc) is 2.81. The molecule has 0 heteroatoms. The van der Waals surface area contributed by atoms with Gasteiger partial charge in [-0.1, -0.05) is 37.6 Å². The van der Waals surface area contributed by atoms with Crippen LogP contribution in [0.25, 0.3) is 0 Å². The fraction of sp³-hybridized carbons (Fsp3) is 0.714. The Morgan fingerprint density at radius 2 is 2.29 bits per heavy atom. The van der Waals surface area contributed by atoms with Crippen LogP contribution in [0.1, 0.15) is 39.5 Å². The fourth-order valence-electron chi connectivity index (χ4n) is 4.05. The van der Waals surface area contributed by atoms with Crippen LogP contribution >= 0.6 is 0 Å². The average molecular weight is 188 g/mol. The van der Waals surface area contributed by atoms with E-state index in [2.05, 4.69) is 26.5 Å². The Balaban J connectivity index is 2.04. The van der Waals surface area contributed by atoms with Crippen LogP contribution in [-0.2, 0) is 0 Å². The molecule has 0 aliphatic heterocycles. The van der Waals surface area contributed by atoms with Gasteiger partial charge in [-0.05, 0) is 48.9 Å². The molecular weight excluding hydrogens is 168 g/mol. The molecule has 0 aromatic carbocycles. The lowest BCUT2D eigenvalue weighted by Crippen LogP contribution is -2.35. The minimum absolute atomic E-state index is 0.498. The SMILES string of the molecule is C=C1[C@H]2CC=C3CCC[C@@H](C)[C@@]3(C)[C@@H]12. The van der Waals surface area contributed by atoms with Gasteiger partial charge in [-0.2, -0.15) is 0 Å². The third kappa shape index (κ3) is 0.852. The fourth-order valence-corrected chi connectivity index (χ4v) is 4.05. The van der Waals surface area contributed by atoms with Gasteiger partial charge in [0.1, 0.15) is 0 Å². The maximum Gasteiger partial charge on any atom is -0.00195 e. The summed E-state index contributed by atoms with van der Waals surface area (Å²) in [5, 5.41) is 0. The summed E-state index contributed by atoms with van der Waals surface area (Å²) < 4.78 is 0. The predicted octanol–water partition coefficient (Wildman–Crippen LogP) is 3.95. The molecule has 0 bridgehead atoms. The molecule has 0 aromatic heterocycles. The third-order valence-electron chi connectivity index (χ3n) is 5.23. The van der Waals surface area contributed by atoms with E-state index in [9.17, 15) is 0 Å². The van der Waals surface area contributed by atoms with Crippen molar-refractivity contribution in [3.8, 4) is 0 Å². The maximum absolute atomic E-state index is 4.25. The molecule has 2 saturated carbocycles. The Morgan fingerprint density at radius 1 is 1.50 bits per heavy atom. The van der Waals surface area contributed by atoms with E-state index in [0.717, 1.165) is 17.8 Å². The summed E-state index contributed by atoms with van der Waals surface area (Å²) in [5.74, 6) is 2.57. The van der Waals surface area contributed by atoms with Crippen molar-refractivity contribution in [2.24, 2.45) is 23.2 Å². The van der Waals surface area contributed by atoms with E-state index in [4.69, 9.17) is 0 Å². The first-order chi connectivity index (χ1) is 6.65. The van der Waals surface area contributed by atoms with Gasteiger partial charge in [0.05, 0.1) is 0 Å². The number of rotatable bonds is 0. The molecule has 3 rings (SSSR count). The van der Waals surface area contributed by atoms with Gasteiger partial charge < -0.3 is 0 Å². The van der Waals surface area contributed by atoms with E-state index in [0.29, 0.717) is 5.41 Å². The lowest BCUT2D eigenvalue weighted by atomic mass is 9.60. The summed E-state index contributed by atoms with van der Waals surface area (Å²) in [5.41, 5.74) is 3.81. The molecule has 76 valence electrons. The topological polar surface area (TPSA) is 0 Å². The van der Waals surface area contributed by atoms with Crippen LogP contribution in [0.15, 0.2) is 23.8 Å². The summed E-state index contributed by atoms with van der Waals surface area (Å²) in [6.45, 7) is 9.19. The van der Waals surface area contributed by atoms with Gasteiger partial charge in [0.25, 0.3) is 0 Å². The lowest BCUT2D eigenvalue weighted by molar-refractivity contribution is 0.156. The van der Waals surface area contributed by atoms with E-state index in [1.165, 1.54) is 25.7 Å². The van der Waals surface area contributed by atoms with Gasteiger partial charge >= 0.3 is 0 Å². The number of allylic oxidation sites excluding steroid dienone is 3. The molecule has 2 fully saturated rings. The first-order valence-electron chi connectivity index (χ1n) is 6.04. The zero-order valence-electron chi connectivity index (χ0n) is 9.34. The molecule has 0 N–H and O–H groups in total. The second-order valence-corrected chi connectivity index (χ2v) is 5.70. The summed E-state index contributed by atoms with van der Waals surface area (Å²) in [6, 6.07) is 0. The van der Waals surface area contributed by atoms with Crippen LogP contribution in [0, 0.1) is 23.2 Å². The first-order valence-corrected chi connectivity index (χ1v) is 6.04. The molecule has 14 heavy (non-hydrogen) atoms. The van der Waals surface area contributed by atoms with Crippen LogP contribution in [-0.4, -0.2) is 0 Å². The second kappa shape index (κ2) is 2.53. The highest BCUT2D eigenvalue weighted by Crippen LogP contribution is 2.67. The van der Waals surface area contributed by atoms with Gasteiger partial charge in [-0.25, -0.2) is 0 Å². The zero-order chi connectivity index (χ0) is 9.92. The molecule has 3 aliphatic rings. The molecule has 0 unspecified atom stereocenters. The Morgan fingerprint density at radius 3 is 3.07 bits per heavy atom. The summed E-state index contributed by atoms with van der Waals surface area (Å²) in [6.07, 6.45) is 8.02. The Hall–Kier alpha value is -0.520. The largest absolute Gasteiger partial charge is 0.0992 e. The Kier molecular flexibility index (Phi) is 1.59. The van der Waals surface area contributed by atoms with E-state index < -0.39 is 0 Å². The van der Waals surface area contributed by atoms with Gasteiger partial charge in [-0.15, -0.1) is 0 Å². The number of hydrogen-bond donors (Lipinski definition) is 0. The first kappa shape index (κ1) is 8.76. The van der Waals surface area contributed by atoms with Crippen molar-refractivity contribution >= 4 is 0 Å². The summed E-state index contributed by atoms with van der Waals surface area (Å²) in [7, 11) is 0. The normalized spacial score (nSPS) is 50.6. The summed E-state index contributed by atoms with van der Waals surface area (Å²) >= 11 is 0. The maximum atomic E-state index is 4.25. The molecule has 0 saturated heterocycles. The minimum atomic E-state index is 0.498.